The molecule has 4 heteroatoms. The lowest BCUT2D eigenvalue weighted by molar-refractivity contribution is -0.128. The Labute approximate surface area is 67.4 Å². The summed E-state index contributed by atoms with van der Waals surface area (Å²) < 4.78 is 4.40. The average molecular weight is 204 g/mol. The number of nitrogens with zero attached hydrogens (tertiary/aromatic N) is 1. The van der Waals surface area contributed by atoms with Crippen molar-refractivity contribution in [1.82, 2.24) is 0 Å². The van der Waals surface area contributed by atoms with Crippen LogP contribution in [0.5, 0.6) is 0 Å². The summed E-state index contributed by atoms with van der Waals surface area (Å²) in [7, 11) is 0. The topological polar surface area (TPSA) is 50.1 Å². The van der Waals surface area contributed by atoms with Gasteiger partial charge in [0.15, 0.2) is 0 Å². The Hall–Kier alpha value is -0.820. The zero-order chi connectivity index (χ0) is 7.82. The lowest BCUT2D eigenvalue weighted by Gasteiger charge is -1.99. The highest BCUT2D eigenvalue weighted by atomic mass is 79.9. The molecule has 0 aromatic heterocycles. The number of halogens is 1. The van der Waals surface area contributed by atoms with Gasteiger partial charge >= 0.3 is 0 Å². The van der Waals surface area contributed by atoms with Gasteiger partial charge in [-0.2, -0.15) is 5.26 Å². The molecule has 0 radical (unpaired) electrons. The highest BCUT2D eigenvalue weighted by molar-refractivity contribution is 9.09. The van der Waals surface area contributed by atoms with E-state index in [1.807, 2.05) is 6.07 Å². The first-order chi connectivity index (χ1) is 4.81. The summed E-state index contributed by atoms with van der Waals surface area (Å²) >= 11 is 3.16. The van der Waals surface area contributed by atoms with Crippen LogP contribution in [0.3, 0.4) is 0 Å². The predicted molar refractivity (Wildman–Crippen MR) is 39.5 cm³/mol. The molecular weight excluding hydrogens is 198 g/mol. The van der Waals surface area contributed by atoms with Crippen LogP contribution in [-0.4, -0.2) is 17.9 Å². The Balaban J connectivity index is 3.44. The molecule has 54 valence electrons. The summed E-state index contributed by atoms with van der Waals surface area (Å²) in [6.07, 6.45) is 2.93. The average Bonchev–Trinajstić information content (AvgIpc) is 1.97. The first kappa shape index (κ1) is 9.18. The lowest BCUT2D eigenvalue weighted by atomic mass is 10.4. The van der Waals surface area contributed by atoms with Crippen LogP contribution >= 0.6 is 15.9 Å². The van der Waals surface area contributed by atoms with Crippen LogP contribution in [-0.2, 0) is 9.53 Å². The number of carbonyl (C=O) groups is 1. The number of allylic oxidation sites excluding steroid dienone is 1. The van der Waals surface area contributed by atoms with Gasteiger partial charge in [-0.05, 0) is 0 Å². The van der Waals surface area contributed by atoms with Gasteiger partial charge in [0.25, 0.3) is 6.47 Å². The molecule has 3 nitrogen and oxygen atoms in total. The molecule has 0 aliphatic carbocycles. The van der Waals surface area contributed by atoms with Crippen LogP contribution in [0.15, 0.2) is 12.2 Å². The largest absolute Gasteiger partial charge is 0.466 e. The molecular formula is C6H6BrNO2. The minimum Gasteiger partial charge on any atom is -0.466 e. The Morgan fingerprint density at radius 1 is 1.80 bits per heavy atom. The van der Waals surface area contributed by atoms with Crippen molar-refractivity contribution < 1.29 is 9.53 Å². The molecule has 0 heterocycles. The third-order valence-electron chi connectivity index (χ3n) is 0.703. The third-order valence-corrected chi connectivity index (χ3v) is 1.27. The zero-order valence-corrected chi connectivity index (χ0v) is 6.74. The summed E-state index contributed by atoms with van der Waals surface area (Å²) in [6.45, 7) is 0.621. The van der Waals surface area contributed by atoms with E-state index < -0.39 is 0 Å². The number of rotatable bonds is 4. The summed E-state index contributed by atoms with van der Waals surface area (Å²) in [5.41, 5.74) is 0. The summed E-state index contributed by atoms with van der Waals surface area (Å²) in [5.74, 6) is 0. The van der Waals surface area contributed by atoms with E-state index >= 15 is 0 Å². The Morgan fingerprint density at radius 3 is 3.00 bits per heavy atom. The molecule has 0 saturated heterocycles. The van der Waals surface area contributed by atoms with Crippen LogP contribution in [0.2, 0.25) is 0 Å². The molecule has 0 bridgehead atoms. The summed E-state index contributed by atoms with van der Waals surface area (Å²) in [4.78, 5) is 9.58. The van der Waals surface area contributed by atoms with E-state index in [0.717, 1.165) is 0 Å². The number of ether oxygens (including phenoxy) is 1. The lowest BCUT2D eigenvalue weighted by Crippen LogP contribution is -2.03. The van der Waals surface area contributed by atoms with Crippen molar-refractivity contribution in [3.8, 4) is 6.07 Å². The number of hydrogen-bond acceptors (Lipinski definition) is 3. The first-order valence-electron chi connectivity index (χ1n) is 2.57. The fourth-order valence-corrected chi connectivity index (χ4v) is 0.639. The van der Waals surface area contributed by atoms with Crippen molar-refractivity contribution in [2.45, 2.75) is 4.83 Å². The van der Waals surface area contributed by atoms with Crippen LogP contribution in [0.1, 0.15) is 0 Å². The molecule has 0 aliphatic rings. The maximum atomic E-state index is 9.65. The van der Waals surface area contributed by atoms with Gasteiger partial charge in [-0.3, -0.25) is 4.79 Å². The van der Waals surface area contributed by atoms with Crippen molar-refractivity contribution in [1.29, 1.82) is 5.26 Å². The van der Waals surface area contributed by atoms with Gasteiger partial charge in [-0.25, -0.2) is 0 Å². The molecule has 0 aliphatic heterocycles. The number of alkyl halides is 1. The third kappa shape index (κ3) is 5.32. The van der Waals surface area contributed by atoms with E-state index in [-0.39, 0.29) is 11.4 Å². The molecule has 1 atom stereocenters. The molecule has 10 heavy (non-hydrogen) atoms. The van der Waals surface area contributed by atoms with E-state index in [4.69, 9.17) is 5.26 Å². The quantitative estimate of drug-likeness (QED) is 0.390. The highest BCUT2D eigenvalue weighted by Gasteiger charge is 1.96. The number of nitriles is 1. The maximum absolute atomic E-state index is 9.65. The molecule has 0 fully saturated rings. The smallest absolute Gasteiger partial charge is 0.293 e. The molecule has 0 N–H and O–H groups in total. The van der Waals surface area contributed by atoms with Gasteiger partial charge < -0.3 is 4.74 Å². The molecule has 0 saturated carbocycles. The second kappa shape index (κ2) is 6.30. The minimum absolute atomic E-state index is 0.0719. The van der Waals surface area contributed by atoms with E-state index in [0.29, 0.717) is 6.47 Å². The number of carbonyl (C=O) groups excluding carboxylic acids is 1. The molecule has 0 rings (SSSR count). The van der Waals surface area contributed by atoms with Gasteiger partial charge in [0, 0.05) is 6.08 Å². The second-order valence-corrected chi connectivity index (χ2v) is 2.61. The molecule has 0 aromatic rings. The van der Waals surface area contributed by atoms with E-state index in [2.05, 4.69) is 20.7 Å². The van der Waals surface area contributed by atoms with Gasteiger partial charge in [-0.1, -0.05) is 22.0 Å². The standard InChI is InChI=1S/C6H6BrNO2/c7-6(2-1-3-8)4-10-5-9/h1-2,5-6H,4H2/t6-/m0/s1. The highest BCUT2D eigenvalue weighted by Crippen LogP contribution is 2.00. The van der Waals surface area contributed by atoms with Crippen molar-refractivity contribution in [3.63, 3.8) is 0 Å². The summed E-state index contributed by atoms with van der Waals surface area (Å²) in [5, 5.41) is 8.07. The zero-order valence-electron chi connectivity index (χ0n) is 5.16. The van der Waals surface area contributed by atoms with Crippen molar-refractivity contribution in [2.75, 3.05) is 6.61 Å². The van der Waals surface area contributed by atoms with Crippen molar-refractivity contribution in [2.24, 2.45) is 0 Å². The Morgan fingerprint density at radius 2 is 2.50 bits per heavy atom. The molecule has 0 amide bonds. The maximum Gasteiger partial charge on any atom is 0.293 e. The van der Waals surface area contributed by atoms with Gasteiger partial charge in [0.1, 0.15) is 6.61 Å². The molecule has 0 spiro atoms. The fourth-order valence-electron chi connectivity index (χ4n) is 0.334. The Bertz CT molecular complexity index is 162. The molecule has 0 aromatic carbocycles. The van der Waals surface area contributed by atoms with Crippen LogP contribution in [0.25, 0.3) is 0 Å². The van der Waals surface area contributed by atoms with Crippen LogP contribution in [0, 0.1) is 11.3 Å². The predicted octanol–water partition coefficient (Wildman–Crippen LogP) is 1.00. The van der Waals surface area contributed by atoms with Gasteiger partial charge in [0.2, 0.25) is 0 Å². The van der Waals surface area contributed by atoms with E-state index in [1.54, 1.807) is 6.08 Å². The minimum atomic E-state index is -0.0719. The van der Waals surface area contributed by atoms with E-state index in [9.17, 15) is 4.79 Å². The SMILES string of the molecule is N#CC=C[C@H](Br)COC=O. The van der Waals surface area contributed by atoms with Crippen molar-refractivity contribution >= 4 is 22.4 Å². The second-order valence-electron chi connectivity index (χ2n) is 1.43. The first-order valence-corrected chi connectivity index (χ1v) is 3.48. The monoisotopic (exact) mass is 203 g/mol. The molecule has 0 unspecified atom stereocenters. The normalized spacial score (nSPS) is 12.4. The van der Waals surface area contributed by atoms with Gasteiger partial charge in [0.05, 0.1) is 10.9 Å². The Kier molecular flexibility index (Phi) is 5.79. The number of hydrogen-bond donors (Lipinski definition) is 0. The van der Waals surface area contributed by atoms with Gasteiger partial charge in [-0.15, -0.1) is 0 Å². The summed E-state index contributed by atoms with van der Waals surface area (Å²) in [6, 6.07) is 1.82. The van der Waals surface area contributed by atoms with Crippen LogP contribution in [0.4, 0.5) is 0 Å². The fraction of sp³-hybridized carbons (Fsp3) is 0.333. The van der Waals surface area contributed by atoms with Crippen molar-refractivity contribution in [3.05, 3.63) is 12.2 Å². The van der Waals surface area contributed by atoms with Crippen LogP contribution < -0.4 is 0 Å². The van der Waals surface area contributed by atoms with E-state index in [1.165, 1.54) is 6.08 Å².